The van der Waals surface area contributed by atoms with Gasteiger partial charge in [-0.15, -0.1) is 0 Å². The van der Waals surface area contributed by atoms with Gasteiger partial charge in [-0.2, -0.15) is 9.61 Å². The van der Waals surface area contributed by atoms with Crippen molar-refractivity contribution in [2.45, 2.75) is 76.4 Å². The molecule has 29 heavy (non-hydrogen) atoms. The van der Waals surface area contributed by atoms with Crippen molar-refractivity contribution in [3.63, 3.8) is 0 Å². The van der Waals surface area contributed by atoms with Gasteiger partial charge in [0.15, 0.2) is 5.65 Å². The van der Waals surface area contributed by atoms with Gasteiger partial charge in [0.25, 0.3) is 0 Å². The molecule has 2 unspecified atom stereocenters. The first-order valence-electron chi connectivity index (χ1n) is 11.4. The molecule has 0 saturated carbocycles. The number of aromatic nitrogens is 3. The first kappa shape index (κ1) is 19.1. The second-order valence-corrected chi connectivity index (χ2v) is 9.40. The van der Waals surface area contributed by atoms with Crippen molar-refractivity contribution in [1.82, 2.24) is 19.9 Å². The Kier molecular flexibility index (Phi) is 5.35. The zero-order valence-corrected chi connectivity index (χ0v) is 17.7. The Labute approximate surface area is 173 Å². The van der Waals surface area contributed by atoms with Crippen LogP contribution in [0.1, 0.15) is 63.9 Å². The van der Waals surface area contributed by atoms with E-state index in [1.807, 2.05) is 10.7 Å². The molecular formula is C22H34N6O. The van der Waals surface area contributed by atoms with Crippen LogP contribution in [0.2, 0.25) is 0 Å². The Bertz CT molecular complexity index is 831. The predicted molar refractivity (Wildman–Crippen MR) is 116 cm³/mol. The molecule has 2 bridgehead atoms. The molecule has 5 heterocycles. The van der Waals surface area contributed by atoms with Gasteiger partial charge in [-0.1, -0.05) is 13.8 Å². The molecule has 3 aliphatic rings. The summed E-state index contributed by atoms with van der Waals surface area (Å²) in [5, 5.41) is 15.8. The third-order valence-electron chi connectivity index (χ3n) is 6.84. The van der Waals surface area contributed by atoms with Gasteiger partial charge in [-0.3, -0.25) is 0 Å². The Morgan fingerprint density at radius 3 is 2.66 bits per heavy atom. The average molecular weight is 399 g/mol. The van der Waals surface area contributed by atoms with Gasteiger partial charge < -0.3 is 20.7 Å². The largest absolute Gasteiger partial charge is 0.381 e. The third-order valence-corrected chi connectivity index (χ3v) is 6.84. The molecule has 2 aromatic heterocycles. The number of nitrogens with zero attached hydrogens (tertiary/aromatic N) is 3. The van der Waals surface area contributed by atoms with E-state index in [4.69, 9.17) is 9.72 Å². The van der Waals surface area contributed by atoms with E-state index in [0.29, 0.717) is 12.0 Å². The molecular weight excluding hydrogens is 364 g/mol. The highest BCUT2D eigenvalue weighted by Gasteiger charge is 2.33. The van der Waals surface area contributed by atoms with Gasteiger partial charge in [-0.25, -0.2) is 4.98 Å². The normalized spacial score (nSPS) is 27.6. The second kappa shape index (κ2) is 8.11. The van der Waals surface area contributed by atoms with E-state index in [2.05, 4.69) is 41.0 Å². The van der Waals surface area contributed by atoms with Gasteiger partial charge in [0.2, 0.25) is 0 Å². The van der Waals surface area contributed by atoms with Crippen LogP contribution in [0, 0.1) is 5.92 Å². The molecule has 3 fully saturated rings. The molecule has 0 spiro atoms. The van der Waals surface area contributed by atoms with E-state index >= 15 is 0 Å². The molecule has 3 N–H and O–H groups in total. The Morgan fingerprint density at radius 2 is 1.93 bits per heavy atom. The predicted octanol–water partition coefficient (Wildman–Crippen LogP) is 3.39. The van der Waals surface area contributed by atoms with Gasteiger partial charge in [0.05, 0.1) is 6.20 Å². The van der Waals surface area contributed by atoms with Crippen LogP contribution in [0.3, 0.4) is 0 Å². The number of rotatable bonds is 6. The number of hydrogen-bond donors (Lipinski definition) is 3. The summed E-state index contributed by atoms with van der Waals surface area (Å²) >= 11 is 0. The van der Waals surface area contributed by atoms with Gasteiger partial charge in [-0.05, 0) is 50.4 Å². The Morgan fingerprint density at radius 1 is 1.17 bits per heavy atom. The van der Waals surface area contributed by atoms with Crippen molar-refractivity contribution in [1.29, 1.82) is 0 Å². The fraction of sp³-hybridized carbons (Fsp3) is 0.727. The number of hydrogen-bond acceptors (Lipinski definition) is 6. The summed E-state index contributed by atoms with van der Waals surface area (Å²) in [5.74, 6) is 3.11. The maximum absolute atomic E-state index is 5.51. The number of ether oxygens (including phenoxy) is 1. The molecule has 3 aliphatic heterocycles. The highest BCUT2D eigenvalue weighted by molar-refractivity contribution is 5.61. The van der Waals surface area contributed by atoms with E-state index in [-0.39, 0.29) is 0 Å². The number of nitrogens with one attached hydrogen (secondary N) is 3. The Balaban J connectivity index is 1.38. The van der Waals surface area contributed by atoms with E-state index in [0.717, 1.165) is 67.9 Å². The molecule has 5 rings (SSSR count). The van der Waals surface area contributed by atoms with Crippen LogP contribution in [0.25, 0.3) is 5.65 Å². The van der Waals surface area contributed by atoms with Crippen molar-refractivity contribution in [3.8, 4) is 0 Å². The van der Waals surface area contributed by atoms with Crippen LogP contribution >= 0.6 is 0 Å². The zero-order valence-electron chi connectivity index (χ0n) is 17.7. The average Bonchev–Trinajstić information content (AvgIpc) is 3.30. The zero-order chi connectivity index (χ0) is 19.8. The van der Waals surface area contributed by atoms with Crippen LogP contribution in [0.4, 0.5) is 11.6 Å². The summed E-state index contributed by atoms with van der Waals surface area (Å²) in [6.45, 7) is 7.06. The minimum atomic E-state index is 0.395. The highest BCUT2D eigenvalue weighted by atomic mass is 16.5. The molecule has 0 amide bonds. The van der Waals surface area contributed by atoms with E-state index in [9.17, 15) is 0 Å². The van der Waals surface area contributed by atoms with E-state index in [1.165, 1.54) is 31.2 Å². The van der Waals surface area contributed by atoms with E-state index in [1.54, 1.807) is 0 Å². The molecule has 2 atom stereocenters. The highest BCUT2D eigenvalue weighted by Crippen LogP contribution is 2.31. The lowest BCUT2D eigenvalue weighted by atomic mass is 9.92. The molecule has 2 aromatic rings. The lowest BCUT2D eigenvalue weighted by Crippen LogP contribution is -2.40. The van der Waals surface area contributed by atoms with Crippen LogP contribution in [0.15, 0.2) is 12.3 Å². The summed E-state index contributed by atoms with van der Waals surface area (Å²) in [4.78, 5) is 4.94. The lowest BCUT2D eigenvalue weighted by molar-refractivity contribution is 0.0904. The summed E-state index contributed by atoms with van der Waals surface area (Å²) in [5.41, 5.74) is 2.16. The van der Waals surface area contributed by atoms with Crippen molar-refractivity contribution < 1.29 is 4.74 Å². The van der Waals surface area contributed by atoms with Gasteiger partial charge in [0, 0.05) is 49.5 Å². The van der Waals surface area contributed by atoms with Gasteiger partial charge >= 0.3 is 0 Å². The molecule has 0 radical (unpaired) electrons. The third kappa shape index (κ3) is 4.08. The SMILES string of the molecule is CC(C)c1cnn2c(NCC3CC4CCC(C3)N4)cc(NC3CCOCC3)nc12. The fourth-order valence-electron chi connectivity index (χ4n) is 5.23. The van der Waals surface area contributed by atoms with Gasteiger partial charge in [0.1, 0.15) is 11.6 Å². The summed E-state index contributed by atoms with van der Waals surface area (Å²) in [6, 6.07) is 4.01. The maximum Gasteiger partial charge on any atom is 0.163 e. The van der Waals surface area contributed by atoms with Crippen LogP contribution < -0.4 is 16.0 Å². The number of piperidine rings is 1. The number of anilines is 2. The standard InChI is InChI=1S/C22H34N6O/c1-14(2)19-13-24-28-21(23-12-15-9-17-3-4-18(10-15)25-17)11-20(27-22(19)28)26-16-5-7-29-8-6-16/h11,13-18,23,25H,3-10,12H2,1-2H3,(H,26,27). The molecule has 7 nitrogen and oxygen atoms in total. The van der Waals surface area contributed by atoms with Crippen LogP contribution in [-0.2, 0) is 4.74 Å². The molecule has 0 aliphatic carbocycles. The number of fused-ring (bicyclic) bond motifs is 3. The second-order valence-electron chi connectivity index (χ2n) is 9.40. The molecule has 158 valence electrons. The molecule has 3 saturated heterocycles. The maximum atomic E-state index is 5.51. The van der Waals surface area contributed by atoms with Crippen LogP contribution in [-0.4, -0.2) is 52.5 Å². The van der Waals surface area contributed by atoms with Crippen molar-refractivity contribution in [2.24, 2.45) is 5.92 Å². The van der Waals surface area contributed by atoms with Crippen molar-refractivity contribution >= 4 is 17.3 Å². The van der Waals surface area contributed by atoms with Crippen LogP contribution in [0.5, 0.6) is 0 Å². The lowest BCUT2D eigenvalue weighted by Gasteiger charge is -2.29. The quantitative estimate of drug-likeness (QED) is 0.693. The fourth-order valence-corrected chi connectivity index (χ4v) is 5.23. The minimum absolute atomic E-state index is 0.395. The molecule has 0 aromatic carbocycles. The Hall–Kier alpha value is -1.86. The first-order chi connectivity index (χ1) is 14.2. The van der Waals surface area contributed by atoms with Crippen molar-refractivity contribution in [2.75, 3.05) is 30.4 Å². The summed E-state index contributed by atoms with van der Waals surface area (Å²) in [7, 11) is 0. The molecule has 7 heteroatoms. The summed E-state index contributed by atoms with van der Waals surface area (Å²) < 4.78 is 7.49. The summed E-state index contributed by atoms with van der Waals surface area (Å²) in [6.07, 6.45) is 9.28. The smallest absolute Gasteiger partial charge is 0.163 e. The monoisotopic (exact) mass is 398 g/mol. The topological polar surface area (TPSA) is 75.5 Å². The minimum Gasteiger partial charge on any atom is -0.381 e. The first-order valence-corrected chi connectivity index (χ1v) is 11.4. The van der Waals surface area contributed by atoms with Crippen molar-refractivity contribution in [3.05, 3.63) is 17.8 Å². The van der Waals surface area contributed by atoms with E-state index < -0.39 is 0 Å².